The number of rotatable bonds is 6. The van der Waals surface area contributed by atoms with E-state index in [9.17, 15) is 5.11 Å². The molecule has 0 saturated carbocycles. The lowest BCUT2D eigenvalue weighted by Crippen LogP contribution is -2.37. The number of hydrogen-bond donors (Lipinski definition) is 1. The van der Waals surface area contributed by atoms with Crippen molar-refractivity contribution in [2.24, 2.45) is 0 Å². The normalized spacial score (nSPS) is 14.8. The fraction of sp³-hybridized carbons (Fsp3) is 0.156. The first kappa shape index (κ1) is 24.4. The molecule has 6 heteroatoms. The molecule has 0 amide bonds. The molecule has 5 aromatic rings. The van der Waals surface area contributed by atoms with Gasteiger partial charge in [0, 0.05) is 22.3 Å². The second-order valence-corrected chi connectivity index (χ2v) is 10.0. The summed E-state index contributed by atoms with van der Waals surface area (Å²) in [4.78, 5) is 4.77. The molecule has 38 heavy (non-hydrogen) atoms. The predicted molar refractivity (Wildman–Crippen MR) is 147 cm³/mol. The lowest BCUT2D eigenvalue weighted by atomic mass is 9.76. The molecule has 0 aliphatic carbocycles. The van der Waals surface area contributed by atoms with Crippen LogP contribution in [0.25, 0.3) is 0 Å². The molecule has 1 N–H and O–H groups in total. The number of benzene rings is 4. The number of fused-ring (bicyclic) bond motifs is 1. The van der Waals surface area contributed by atoms with Crippen LogP contribution in [0.4, 0.5) is 0 Å². The van der Waals surface area contributed by atoms with E-state index in [0.717, 1.165) is 22.3 Å². The van der Waals surface area contributed by atoms with Crippen molar-refractivity contribution in [1.82, 2.24) is 9.55 Å². The molecule has 0 saturated heterocycles. The molecule has 1 aliphatic rings. The zero-order valence-corrected chi connectivity index (χ0v) is 21.7. The van der Waals surface area contributed by atoms with Gasteiger partial charge in [0.05, 0.1) is 18.6 Å². The lowest BCUT2D eigenvalue weighted by molar-refractivity contribution is -0.0204. The van der Waals surface area contributed by atoms with Gasteiger partial charge in [-0.1, -0.05) is 103 Å². The van der Waals surface area contributed by atoms with Crippen molar-refractivity contribution in [1.29, 1.82) is 0 Å². The van der Waals surface area contributed by atoms with Crippen LogP contribution >= 0.6 is 11.6 Å². The number of nitrogens with zero attached hydrogens (tertiary/aromatic N) is 2. The van der Waals surface area contributed by atoms with Gasteiger partial charge in [-0.05, 0) is 35.7 Å². The van der Waals surface area contributed by atoms with E-state index in [0.29, 0.717) is 28.6 Å². The van der Waals surface area contributed by atoms with Gasteiger partial charge in [0.1, 0.15) is 16.9 Å². The molecule has 1 unspecified atom stereocenters. The van der Waals surface area contributed by atoms with Gasteiger partial charge in [0.15, 0.2) is 6.79 Å². The van der Waals surface area contributed by atoms with Crippen molar-refractivity contribution in [3.05, 3.63) is 154 Å². The topological polar surface area (TPSA) is 56.5 Å². The average molecular weight is 523 g/mol. The highest BCUT2D eigenvalue weighted by Crippen LogP contribution is 2.44. The van der Waals surface area contributed by atoms with Crippen LogP contribution in [0.1, 0.15) is 40.4 Å². The van der Waals surface area contributed by atoms with Crippen molar-refractivity contribution >= 4 is 11.6 Å². The van der Waals surface area contributed by atoms with Crippen molar-refractivity contribution in [2.75, 3.05) is 6.79 Å². The molecule has 2 heterocycles. The fourth-order valence-corrected chi connectivity index (χ4v) is 5.66. The van der Waals surface area contributed by atoms with Crippen molar-refractivity contribution in [2.45, 2.75) is 24.7 Å². The zero-order chi connectivity index (χ0) is 26.2. The number of hydrogen-bond acceptors (Lipinski definition) is 4. The Kier molecular flexibility index (Phi) is 6.28. The van der Waals surface area contributed by atoms with E-state index in [-0.39, 0.29) is 6.79 Å². The Hall–Kier alpha value is -3.90. The molecule has 6 rings (SSSR count). The highest BCUT2D eigenvalue weighted by atomic mass is 35.5. The highest BCUT2D eigenvalue weighted by Gasteiger charge is 2.41. The van der Waals surface area contributed by atoms with Crippen LogP contribution in [0.3, 0.4) is 0 Å². The van der Waals surface area contributed by atoms with Crippen molar-refractivity contribution in [3.63, 3.8) is 0 Å². The zero-order valence-electron chi connectivity index (χ0n) is 20.9. The number of aliphatic hydroxyl groups is 1. The van der Waals surface area contributed by atoms with Crippen LogP contribution in [0, 0.1) is 0 Å². The summed E-state index contributed by atoms with van der Waals surface area (Å²) in [5, 5.41) is 12.5. The SMILES string of the molecule is CC(O)(c1cn(C(c2ccccc2)(c2ccccc2)c2ccccc2)cn1)c1cc(Cl)cc2c1OCOC2. The van der Waals surface area contributed by atoms with Crippen LogP contribution in [0.5, 0.6) is 5.75 Å². The second-order valence-electron chi connectivity index (χ2n) is 9.60. The van der Waals surface area contributed by atoms with Gasteiger partial charge < -0.3 is 19.1 Å². The molecular weight excluding hydrogens is 496 g/mol. The minimum absolute atomic E-state index is 0.116. The molecule has 1 atom stereocenters. The van der Waals surface area contributed by atoms with E-state index in [1.165, 1.54) is 0 Å². The molecule has 4 aromatic carbocycles. The van der Waals surface area contributed by atoms with Gasteiger partial charge in [-0.3, -0.25) is 0 Å². The third-order valence-corrected chi connectivity index (χ3v) is 7.46. The minimum Gasteiger partial charge on any atom is -0.467 e. The van der Waals surface area contributed by atoms with E-state index in [1.54, 1.807) is 25.4 Å². The van der Waals surface area contributed by atoms with Gasteiger partial charge in [-0.2, -0.15) is 0 Å². The summed E-state index contributed by atoms with van der Waals surface area (Å²) in [6.07, 6.45) is 3.71. The third kappa shape index (κ3) is 4.00. The maximum absolute atomic E-state index is 12.0. The predicted octanol–water partition coefficient (Wildman–Crippen LogP) is 6.50. The Balaban J connectivity index is 1.58. The summed E-state index contributed by atoms with van der Waals surface area (Å²) in [5.74, 6) is 0.584. The van der Waals surface area contributed by atoms with Crippen molar-refractivity contribution < 1.29 is 14.6 Å². The maximum Gasteiger partial charge on any atom is 0.189 e. The van der Waals surface area contributed by atoms with E-state index in [2.05, 4.69) is 41.0 Å². The Morgan fingerprint density at radius 1 is 0.842 bits per heavy atom. The first-order valence-corrected chi connectivity index (χ1v) is 12.9. The highest BCUT2D eigenvalue weighted by molar-refractivity contribution is 6.30. The van der Waals surface area contributed by atoms with Gasteiger partial charge >= 0.3 is 0 Å². The lowest BCUT2D eigenvalue weighted by Gasteiger charge is -2.37. The summed E-state index contributed by atoms with van der Waals surface area (Å²) < 4.78 is 13.3. The van der Waals surface area contributed by atoms with Gasteiger partial charge in [0.2, 0.25) is 0 Å². The number of ether oxygens (including phenoxy) is 2. The Morgan fingerprint density at radius 3 is 1.95 bits per heavy atom. The molecule has 190 valence electrons. The van der Waals surface area contributed by atoms with E-state index in [1.807, 2.05) is 60.8 Å². The minimum atomic E-state index is -1.48. The molecule has 5 nitrogen and oxygen atoms in total. The van der Waals surface area contributed by atoms with E-state index >= 15 is 0 Å². The summed E-state index contributed by atoms with van der Waals surface area (Å²) >= 11 is 6.45. The first-order chi connectivity index (χ1) is 18.5. The fourth-order valence-electron chi connectivity index (χ4n) is 5.42. The summed E-state index contributed by atoms with van der Waals surface area (Å²) in [6.45, 7) is 2.21. The third-order valence-electron chi connectivity index (χ3n) is 7.24. The van der Waals surface area contributed by atoms with Gasteiger partial charge in [0.25, 0.3) is 0 Å². The monoisotopic (exact) mass is 522 g/mol. The number of halogens is 1. The van der Waals surface area contributed by atoms with Crippen LogP contribution in [0.2, 0.25) is 5.02 Å². The first-order valence-electron chi connectivity index (χ1n) is 12.5. The Bertz CT molecular complexity index is 1450. The summed E-state index contributed by atoms with van der Waals surface area (Å²) in [5.41, 5.74) is 2.83. The maximum atomic E-state index is 12.0. The van der Waals surface area contributed by atoms with Gasteiger partial charge in [-0.15, -0.1) is 0 Å². The Morgan fingerprint density at radius 2 is 1.39 bits per heavy atom. The van der Waals surface area contributed by atoms with Crippen LogP contribution < -0.4 is 4.74 Å². The molecule has 0 bridgehead atoms. The number of aromatic nitrogens is 2. The summed E-state index contributed by atoms with van der Waals surface area (Å²) in [7, 11) is 0. The molecule has 1 aliphatic heterocycles. The standard InChI is InChI=1S/C32H27ClN2O3/c1-31(36,28-18-27(33)17-23-20-37-22-38-30(23)28)29-19-35(21-34-29)32(24-11-5-2-6-12-24,25-13-7-3-8-14-25)26-15-9-4-10-16-26/h2-19,21,36H,20,22H2,1H3. The molecular formula is C32H27ClN2O3. The largest absolute Gasteiger partial charge is 0.467 e. The van der Waals surface area contributed by atoms with Crippen LogP contribution in [-0.4, -0.2) is 21.5 Å². The second kappa shape index (κ2) is 9.76. The smallest absolute Gasteiger partial charge is 0.189 e. The molecule has 0 radical (unpaired) electrons. The van der Waals surface area contributed by atoms with E-state index < -0.39 is 11.1 Å². The van der Waals surface area contributed by atoms with Gasteiger partial charge in [-0.25, -0.2) is 4.98 Å². The molecule has 0 spiro atoms. The summed E-state index contributed by atoms with van der Waals surface area (Å²) in [6, 6.07) is 34.6. The van der Waals surface area contributed by atoms with Crippen LogP contribution in [0.15, 0.2) is 116 Å². The average Bonchev–Trinajstić information content (AvgIpc) is 3.46. The molecule has 0 fully saturated rings. The van der Waals surface area contributed by atoms with Crippen LogP contribution in [-0.2, 0) is 22.5 Å². The van der Waals surface area contributed by atoms with E-state index in [4.69, 9.17) is 26.1 Å². The van der Waals surface area contributed by atoms with Crippen molar-refractivity contribution in [3.8, 4) is 5.75 Å². The Labute approximate surface area is 226 Å². The number of imidazole rings is 1. The quantitative estimate of drug-likeness (QED) is 0.259. The molecule has 1 aromatic heterocycles.